The van der Waals surface area contributed by atoms with Crippen LogP contribution in [0.3, 0.4) is 0 Å². The van der Waals surface area contributed by atoms with Crippen LogP contribution >= 0.6 is 0 Å². The van der Waals surface area contributed by atoms with Crippen LogP contribution in [0.2, 0.25) is 0 Å². The molecule has 0 unspecified atom stereocenters. The maximum atomic E-state index is 11.9. The second-order valence-electron chi connectivity index (χ2n) is 6.00. The Labute approximate surface area is 135 Å². The highest BCUT2D eigenvalue weighted by Crippen LogP contribution is 2.18. The molecule has 1 amide bonds. The zero-order valence-electron chi connectivity index (χ0n) is 13.5. The molecule has 124 valence electrons. The standard InChI is InChI=1S/C17H23N3O3/c1-2-18-16(21)13-7-9-19(10-8-13)11-12-20-14-5-3-4-6-15(14)23-17(20)22/h3-6,13H,2,7-12H2,1H3,(H,18,21). The number of aromatic nitrogens is 1. The number of rotatable bonds is 5. The number of carbonyl (C=O) groups is 1. The molecule has 1 aliphatic rings. The normalized spacial score (nSPS) is 16.7. The highest BCUT2D eigenvalue weighted by atomic mass is 16.4. The van der Waals surface area contributed by atoms with Crippen molar-refractivity contribution in [1.29, 1.82) is 0 Å². The minimum Gasteiger partial charge on any atom is -0.408 e. The first-order valence-corrected chi connectivity index (χ1v) is 8.27. The van der Waals surface area contributed by atoms with Crippen molar-refractivity contribution >= 4 is 17.0 Å². The highest BCUT2D eigenvalue weighted by Gasteiger charge is 2.24. The van der Waals surface area contributed by atoms with Gasteiger partial charge in [0.2, 0.25) is 5.91 Å². The molecule has 0 saturated carbocycles. The second-order valence-corrected chi connectivity index (χ2v) is 6.00. The minimum absolute atomic E-state index is 0.128. The van der Waals surface area contributed by atoms with E-state index in [0.29, 0.717) is 18.7 Å². The van der Waals surface area contributed by atoms with Crippen LogP contribution in [0.4, 0.5) is 0 Å². The smallest absolute Gasteiger partial charge is 0.408 e. The number of para-hydroxylation sites is 2. The van der Waals surface area contributed by atoms with Gasteiger partial charge in [-0.25, -0.2) is 4.79 Å². The van der Waals surface area contributed by atoms with Crippen LogP contribution in [-0.2, 0) is 11.3 Å². The molecule has 1 aromatic carbocycles. The van der Waals surface area contributed by atoms with Gasteiger partial charge in [-0.1, -0.05) is 12.1 Å². The van der Waals surface area contributed by atoms with Crippen LogP contribution < -0.4 is 11.1 Å². The van der Waals surface area contributed by atoms with E-state index in [0.717, 1.165) is 38.0 Å². The summed E-state index contributed by atoms with van der Waals surface area (Å²) in [7, 11) is 0. The number of hydrogen-bond acceptors (Lipinski definition) is 4. The average molecular weight is 317 g/mol. The lowest BCUT2D eigenvalue weighted by Gasteiger charge is -2.31. The predicted octanol–water partition coefficient (Wildman–Crippen LogP) is 1.44. The van der Waals surface area contributed by atoms with Gasteiger partial charge in [-0.3, -0.25) is 9.36 Å². The van der Waals surface area contributed by atoms with Gasteiger partial charge in [-0.15, -0.1) is 0 Å². The van der Waals surface area contributed by atoms with E-state index in [2.05, 4.69) is 10.2 Å². The molecular weight excluding hydrogens is 294 g/mol. The summed E-state index contributed by atoms with van der Waals surface area (Å²) < 4.78 is 6.94. The first-order valence-electron chi connectivity index (χ1n) is 8.27. The van der Waals surface area contributed by atoms with Crippen LogP contribution in [0.5, 0.6) is 0 Å². The average Bonchev–Trinajstić information content (AvgIpc) is 2.89. The van der Waals surface area contributed by atoms with Gasteiger partial charge in [0, 0.05) is 25.6 Å². The second kappa shape index (κ2) is 7.00. The van der Waals surface area contributed by atoms with E-state index in [9.17, 15) is 9.59 Å². The number of benzene rings is 1. The van der Waals surface area contributed by atoms with Crippen molar-refractivity contribution in [3.05, 3.63) is 34.8 Å². The number of nitrogens with one attached hydrogen (secondary N) is 1. The predicted molar refractivity (Wildman–Crippen MR) is 88.3 cm³/mol. The number of fused-ring (bicyclic) bond motifs is 1. The van der Waals surface area contributed by atoms with E-state index in [1.54, 1.807) is 4.57 Å². The third kappa shape index (κ3) is 3.47. The van der Waals surface area contributed by atoms with Gasteiger partial charge in [0.05, 0.1) is 5.52 Å². The maximum absolute atomic E-state index is 11.9. The van der Waals surface area contributed by atoms with Crippen molar-refractivity contribution in [2.75, 3.05) is 26.2 Å². The summed E-state index contributed by atoms with van der Waals surface area (Å²) in [5.74, 6) is -0.00344. The van der Waals surface area contributed by atoms with E-state index in [-0.39, 0.29) is 17.6 Å². The van der Waals surface area contributed by atoms with E-state index in [1.165, 1.54) is 0 Å². The first-order chi connectivity index (χ1) is 11.2. The molecule has 6 heteroatoms. The number of piperidine rings is 1. The topological polar surface area (TPSA) is 67.5 Å². The van der Waals surface area contributed by atoms with Gasteiger partial charge < -0.3 is 14.6 Å². The zero-order chi connectivity index (χ0) is 16.2. The lowest BCUT2D eigenvalue weighted by molar-refractivity contribution is -0.126. The SMILES string of the molecule is CCNC(=O)C1CCN(CCn2c(=O)oc3ccccc32)CC1. The third-order valence-electron chi connectivity index (χ3n) is 4.52. The maximum Gasteiger partial charge on any atom is 0.419 e. The number of hydrogen-bond donors (Lipinski definition) is 1. The number of carbonyl (C=O) groups excluding carboxylic acids is 1. The van der Waals surface area contributed by atoms with Crippen LogP contribution in [0, 0.1) is 5.92 Å². The van der Waals surface area contributed by atoms with Crippen molar-refractivity contribution in [2.45, 2.75) is 26.3 Å². The molecule has 1 aromatic heterocycles. The van der Waals surface area contributed by atoms with E-state index in [1.807, 2.05) is 31.2 Å². The molecule has 3 rings (SSSR count). The molecule has 1 saturated heterocycles. The first kappa shape index (κ1) is 15.8. The summed E-state index contributed by atoms with van der Waals surface area (Å²) in [6, 6.07) is 7.49. The number of oxazole rings is 1. The Morgan fingerprint density at radius 2 is 2.00 bits per heavy atom. The molecule has 1 fully saturated rings. The highest BCUT2D eigenvalue weighted by molar-refractivity contribution is 5.78. The fourth-order valence-corrected chi connectivity index (χ4v) is 3.20. The van der Waals surface area contributed by atoms with Crippen LogP contribution in [-0.4, -0.2) is 41.6 Å². The summed E-state index contributed by atoms with van der Waals surface area (Å²) in [6.07, 6.45) is 1.76. The Morgan fingerprint density at radius 1 is 1.26 bits per heavy atom. The summed E-state index contributed by atoms with van der Waals surface area (Å²) in [6.45, 7) is 5.83. The molecular formula is C17H23N3O3. The lowest BCUT2D eigenvalue weighted by Crippen LogP contribution is -2.41. The van der Waals surface area contributed by atoms with Crippen LogP contribution in [0.1, 0.15) is 19.8 Å². The minimum atomic E-state index is -0.302. The summed E-state index contributed by atoms with van der Waals surface area (Å²) >= 11 is 0. The van der Waals surface area contributed by atoms with Gasteiger partial charge >= 0.3 is 5.76 Å². The molecule has 0 radical (unpaired) electrons. The molecule has 2 heterocycles. The summed E-state index contributed by atoms with van der Waals surface area (Å²) in [5, 5.41) is 2.90. The lowest BCUT2D eigenvalue weighted by atomic mass is 9.96. The van der Waals surface area contributed by atoms with Crippen molar-refractivity contribution in [1.82, 2.24) is 14.8 Å². The zero-order valence-corrected chi connectivity index (χ0v) is 13.5. The molecule has 0 atom stereocenters. The number of nitrogens with zero attached hydrogens (tertiary/aromatic N) is 2. The molecule has 1 aliphatic heterocycles. The quantitative estimate of drug-likeness (QED) is 0.906. The van der Waals surface area contributed by atoms with Gasteiger partial charge in [-0.05, 0) is 45.0 Å². The Kier molecular flexibility index (Phi) is 4.81. The van der Waals surface area contributed by atoms with Crippen LogP contribution in [0.15, 0.2) is 33.5 Å². The van der Waals surface area contributed by atoms with E-state index >= 15 is 0 Å². The van der Waals surface area contributed by atoms with Gasteiger partial charge in [0.25, 0.3) is 0 Å². The molecule has 6 nitrogen and oxygen atoms in total. The molecule has 2 aromatic rings. The number of likely N-dealkylation sites (tertiary alicyclic amines) is 1. The summed E-state index contributed by atoms with van der Waals surface area (Å²) in [4.78, 5) is 26.1. The van der Waals surface area contributed by atoms with Gasteiger partial charge in [0.15, 0.2) is 5.58 Å². The fourth-order valence-electron chi connectivity index (χ4n) is 3.20. The monoisotopic (exact) mass is 317 g/mol. The van der Waals surface area contributed by atoms with E-state index < -0.39 is 0 Å². The van der Waals surface area contributed by atoms with Crippen LogP contribution in [0.25, 0.3) is 11.1 Å². The Hall–Kier alpha value is -2.08. The Morgan fingerprint density at radius 3 is 2.74 bits per heavy atom. The van der Waals surface area contributed by atoms with Gasteiger partial charge in [0.1, 0.15) is 0 Å². The molecule has 0 spiro atoms. The Balaban J connectivity index is 1.56. The molecule has 0 aliphatic carbocycles. The van der Waals surface area contributed by atoms with Crippen molar-refractivity contribution in [3.63, 3.8) is 0 Å². The number of amides is 1. The molecule has 23 heavy (non-hydrogen) atoms. The molecule has 1 N–H and O–H groups in total. The van der Waals surface area contributed by atoms with Gasteiger partial charge in [-0.2, -0.15) is 0 Å². The van der Waals surface area contributed by atoms with Crippen molar-refractivity contribution < 1.29 is 9.21 Å². The fraction of sp³-hybridized carbons (Fsp3) is 0.529. The van der Waals surface area contributed by atoms with Crippen molar-refractivity contribution in [2.24, 2.45) is 5.92 Å². The van der Waals surface area contributed by atoms with Crippen molar-refractivity contribution in [3.8, 4) is 0 Å². The largest absolute Gasteiger partial charge is 0.419 e. The van der Waals surface area contributed by atoms with E-state index in [4.69, 9.17) is 4.42 Å². The molecule has 0 bridgehead atoms. The Bertz CT molecular complexity index is 726. The third-order valence-corrected chi connectivity index (χ3v) is 4.52. The summed E-state index contributed by atoms with van der Waals surface area (Å²) in [5.41, 5.74) is 1.47.